The molecule has 1 aromatic carbocycles. The standard InChI is InChI=1S/C21H19F7N2O2S/c1-11(20(23,24)25)15-9-14-17(16(29-15)12-5-7-13(22)8-6-12)32-10-19(14,21(26,27)28)30-33(31)18(2,3)4/h5-9,30H,1,10H2,2-4H3/t19?,33-/m1/s1. The summed E-state index contributed by atoms with van der Waals surface area (Å²) >= 11 is -2.27. The lowest BCUT2D eigenvalue weighted by atomic mass is 9.90. The van der Waals surface area contributed by atoms with Gasteiger partial charge in [0.25, 0.3) is 0 Å². The first-order valence-corrected chi connectivity index (χ1v) is 10.6. The van der Waals surface area contributed by atoms with Crippen LogP contribution in [0.1, 0.15) is 32.0 Å². The molecule has 0 fully saturated rings. The summed E-state index contributed by atoms with van der Waals surface area (Å²) in [5.74, 6) is -1.12. The number of allylic oxidation sites excluding steroid dienone is 1. The molecule has 0 saturated carbocycles. The molecule has 0 radical (unpaired) electrons. The van der Waals surface area contributed by atoms with Crippen molar-refractivity contribution in [2.24, 2.45) is 0 Å². The zero-order chi connectivity index (χ0) is 25.0. The van der Waals surface area contributed by atoms with Gasteiger partial charge in [-0.25, -0.2) is 9.37 Å². The molecular formula is C21H19F7N2O2S. The molecule has 2 heterocycles. The number of pyridine rings is 1. The molecule has 4 nitrogen and oxygen atoms in total. The molecule has 1 N–H and O–H groups in total. The van der Waals surface area contributed by atoms with Crippen molar-refractivity contribution in [1.82, 2.24) is 9.71 Å². The third kappa shape index (κ3) is 4.69. The van der Waals surface area contributed by atoms with Crippen LogP contribution >= 0.6 is 0 Å². The monoisotopic (exact) mass is 496 g/mol. The number of fused-ring (bicyclic) bond motifs is 1. The number of hydrogen-bond donors (Lipinski definition) is 1. The van der Waals surface area contributed by atoms with Crippen LogP contribution in [0.4, 0.5) is 30.7 Å². The van der Waals surface area contributed by atoms with Gasteiger partial charge in [0.15, 0.2) is 5.75 Å². The van der Waals surface area contributed by atoms with E-state index in [0.29, 0.717) is 6.07 Å². The van der Waals surface area contributed by atoms with Gasteiger partial charge >= 0.3 is 12.4 Å². The SMILES string of the molecule is C=C(c1cc2c(c(-c3ccc(F)cc3)n1)OCC2(N[S@+]([O-])C(C)(C)C)C(F)(F)F)C(F)(F)F. The highest BCUT2D eigenvalue weighted by Gasteiger charge is 2.65. The molecule has 1 aliphatic rings. The molecule has 12 heteroatoms. The van der Waals surface area contributed by atoms with E-state index in [4.69, 9.17) is 4.74 Å². The van der Waals surface area contributed by atoms with Crippen molar-refractivity contribution in [3.63, 3.8) is 0 Å². The highest BCUT2D eigenvalue weighted by Crippen LogP contribution is 2.52. The lowest BCUT2D eigenvalue weighted by molar-refractivity contribution is -0.196. The Kier molecular flexibility index (Phi) is 6.27. The van der Waals surface area contributed by atoms with Gasteiger partial charge in [-0.05, 0) is 51.1 Å². The van der Waals surface area contributed by atoms with E-state index in [-0.39, 0.29) is 11.3 Å². The van der Waals surface area contributed by atoms with Gasteiger partial charge in [0.05, 0.1) is 11.3 Å². The van der Waals surface area contributed by atoms with Crippen LogP contribution in [0.5, 0.6) is 5.75 Å². The molecule has 2 aromatic rings. The van der Waals surface area contributed by atoms with Crippen molar-refractivity contribution < 1.29 is 40.0 Å². The Balaban J connectivity index is 2.31. The van der Waals surface area contributed by atoms with E-state index in [0.717, 1.165) is 24.3 Å². The Morgan fingerprint density at radius 1 is 1.12 bits per heavy atom. The molecule has 0 aliphatic carbocycles. The summed E-state index contributed by atoms with van der Waals surface area (Å²) < 4.78 is 116. The van der Waals surface area contributed by atoms with E-state index in [9.17, 15) is 35.3 Å². The highest BCUT2D eigenvalue weighted by molar-refractivity contribution is 7.90. The van der Waals surface area contributed by atoms with E-state index in [1.807, 2.05) is 4.72 Å². The van der Waals surface area contributed by atoms with Crippen LogP contribution in [0.2, 0.25) is 0 Å². The Morgan fingerprint density at radius 3 is 2.18 bits per heavy atom. The highest BCUT2D eigenvalue weighted by atomic mass is 32.2. The summed E-state index contributed by atoms with van der Waals surface area (Å²) in [6, 6.07) is 4.85. The Bertz CT molecular complexity index is 1060. The first-order valence-electron chi connectivity index (χ1n) is 9.44. The van der Waals surface area contributed by atoms with Crippen LogP contribution in [0, 0.1) is 5.82 Å². The van der Waals surface area contributed by atoms with E-state index in [1.165, 1.54) is 20.8 Å². The van der Waals surface area contributed by atoms with Gasteiger partial charge in [0.1, 0.15) is 22.9 Å². The molecule has 0 saturated heterocycles. The van der Waals surface area contributed by atoms with E-state index >= 15 is 0 Å². The number of alkyl halides is 6. The largest absolute Gasteiger partial charge is 0.598 e. The number of rotatable bonds is 4. The van der Waals surface area contributed by atoms with Gasteiger partial charge in [0, 0.05) is 22.5 Å². The Morgan fingerprint density at radius 2 is 1.70 bits per heavy atom. The molecule has 1 unspecified atom stereocenters. The van der Waals surface area contributed by atoms with Crippen molar-refractivity contribution in [2.45, 2.75) is 43.4 Å². The van der Waals surface area contributed by atoms with Gasteiger partial charge < -0.3 is 9.29 Å². The van der Waals surface area contributed by atoms with E-state index < -0.39 is 69.0 Å². The van der Waals surface area contributed by atoms with Crippen molar-refractivity contribution in [3.8, 4) is 17.0 Å². The summed E-state index contributed by atoms with van der Waals surface area (Å²) in [5, 5.41) is 0. The average Bonchev–Trinajstić information content (AvgIpc) is 3.05. The number of aromatic nitrogens is 1. The molecule has 0 amide bonds. The fraction of sp³-hybridized carbons (Fsp3) is 0.381. The molecule has 180 valence electrons. The Hall–Kier alpha value is -2.31. The summed E-state index contributed by atoms with van der Waals surface area (Å²) in [6.45, 7) is 6.14. The zero-order valence-corrected chi connectivity index (χ0v) is 18.4. The lowest BCUT2D eigenvalue weighted by Gasteiger charge is -2.35. The quantitative estimate of drug-likeness (QED) is 0.438. The minimum absolute atomic E-state index is 0.0272. The maximum absolute atomic E-state index is 14.4. The first kappa shape index (κ1) is 25.3. The molecule has 1 aromatic heterocycles. The minimum atomic E-state index is -5.11. The summed E-state index contributed by atoms with van der Waals surface area (Å²) in [4.78, 5) is 3.85. The normalized spacial score (nSPS) is 19.7. The smallest absolute Gasteiger partial charge is 0.418 e. The third-order valence-electron chi connectivity index (χ3n) is 4.94. The number of benzene rings is 1. The third-order valence-corrected chi connectivity index (χ3v) is 6.59. The van der Waals surface area contributed by atoms with Gasteiger partial charge in [-0.3, -0.25) is 0 Å². The van der Waals surface area contributed by atoms with Crippen LogP contribution in [0.25, 0.3) is 16.8 Å². The summed E-state index contributed by atoms with van der Waals surface area (Å²) in [7, 11) is 0. The first-order chi connectivity index (χ1) is 15.0. The van der Waals surface area contributed by atoms with E-state index in [1.54, 1.807) is 0 Å². The van der Waals surface area contributed by atoms with Crippen molar-refractivity contribution in [1.29, 1.82) is 0 Å². The molecular weight excluding hydrogens is 477 g/mol. The Labute approximate surface area is 188 Å². The van der Waals surface area contributed by atoms with Gasteiger partial charge in [-0.15, -0.1) is 4.72 Å². The maximum atomic E-state index is 14.4. The molecule has 3 rings (SSSR count). The van der Waals surface area contributed by atoms with Crippen molar-refractivity contribution >= 4 is 16.9 Å². The van der Waals surface area contributed by atoms with Crippen LogP contribution < -0.4 is 9.46 Å². The molecule has 0 bridgehead atoms. The predicted octanol–water partition coefficient (Wildman–Crippen LogP) is 5.67. The second kappa shape index (κ2) is 8.17. The van der Waals surface area contributed by atoms with Crippen molar-refractivity contribution in [3.05, 3.63) is 54.0 Å². The lowest BCUT2D eigenvalue weighted by Crippen LogP contribution is -2.60. The summed E-state index contributed by atoms with van der Waals surface area (Å²) in [6.07, 6.45) is -10.1. The predicted molar refractivity (Wildman–Crippen MR) is 109 cm³/mol. The number of hydrogen-bond acceptors (Lipinski definition) is 4. The number of nitrogens with zero attached hydrogens (tertiary/aromatic N) is 1. The van der Waals surface area contributed by atoms with Crippen LogP contribution in [-0.4, -0.2) is 33.2 Å². The average molecular weight is 496 g/mol. The fourth-order valence-electron chi connectivity index (χ4n) is 3.05. The van der Waals surface area contributed by atoms with Gasteiger partial charge in [-0.1, -0.05) is 6.58 Å². The summed E-state index contributed by atoms with van der Waals surface area (Å²) in [5.41, 5.74) is -6.49. The van der Waals surface area contributed by atoms with Gasteiger partial charge in [0.2, 0.25) is 5.54 Å². The van der Waals surface area contributed by atoms with E-state index in [2.05, 4.69) is 11.6 Å². The number of halogens is 7. The number of ether oxygens (including phenoxy) is 1. The van der Waals surface area contributed by atoms with Crippen LogP contribution in [0.15, 0.2) is 36.9 Å². The topological polar surface area (TPSA) is 57.2 Å². The number of nitrogens with one attached hydrogen (secondary N) is 1. The molecule has 2 atom stereocenters. The fourth-order valence-corrected chi connectivity index (χ4v) is 3.95. The van der Waals surface area contributed by atoms with Gasteiger partial charge in [-0.2, -0.15) is 26.3 Å². The van der Waals surface area contributed by atoms with Crippen molar-refractivity contribution in [2.75, 3.05) is 6.61 Å². The second-order valence-electron chi connectivity index (χ2n) is 8.39. The van der Waals surface area contributed by atoms with Crippen LogP contribution in [-0.2, 0) is 16.9 Å². The molecule has 0 spiro atoms. The minimum Gasteiger partial charge on any atom is -0.598 e. The second-order valence-corrected chi connectivity index (χ2v) is 10.4. The molecule has 1 aliphatic heterocycles. The maximum Gasteiger partial charge on any atom is 0.418 e. The zero-order valence-electron chi connectivity index (χ0n) is 17.6. The molecule has 33 heavy (non-hydrogen) atoms. The van der Waals surface area contributed by atoms with Crippen LogP contribution in [0.3, 0.4) is 0 Å².